The summed E-state index contributed by atoms with van der Waals surface area (Å²) in [4.78, 5) is 6.46. The fraction of sp³-hybridized carbons (Fsp3) is 0.400. The zero-order chi connectivity index (χ0) is 14.8. The zero-order valence-corrected chi connectivity index (χ0v) is 12.4. The van der Waals surface area contributed by atoms with Crippen molar-refractivity contribution in [1.82, 2.24) is 4.98 Å². The Morgan fingerprint density at radius 3 is 2.65 bits per heavy atom. The Kier molecular flexibility index (Phi) is 3.88. The average Bonchev–Trinajstić information content (AvgIpc) is 2.83. The Balaban J connectivity index is 2.18. The summed E-state index contributed by atoms with van der Waals surface area (Å²) in [5.41, 5.74) is 6.11. The van der Waals surface area contributed by atoms with Crippen LogP contribution in [0.1, 0.15) is 26.5 Å². The molecule has 2 N–H and O–H groups in total. The van der Waals surface area contributed by atoms with Gasteiger partial charge in [0.05, 0.1) is 18.5 Å². The first-order chi connectivity index (χ1) is 9.35. The largest absolute Gasteiger partial charge is 0.470 e. The maximum absolute atomic E-state index is 5.91. The first-order valence-electron chi connectivity index (χ1n) is 6.54. The molecule has 2 aromatic rings. The smallest absolute Gasteiger partial charge is 0.239 e. The number of aromatic nitrogens is 1. The van der Waals surface area contributed by atoms with Crippen molar-refractivity contribution in [2.45, 2.75) is 32.9 Å². The monoisotopic (exact) mass is 275 g/mol. The van der Waals surface area contributed by atoms with E-state index in [0.717, 1.165) is 11.6 Å². The summed E-state index contributed by atoms with van der Waals surface area (Å²) in [6.45, 7) is 6.53. The molecule has 0 fully saturated rings. The van der Waals surface area contributed by atoms with Crippen molar-refractivity contribution in [2.24, 2.45) is 0 Å². The Hall–Kier alpha value is -2.17. The van der Waals surface area contributed by atoms with Gasteiger partial charge in [-0.2, -0.15) is 4.98 Å². The van der Waals surface area contributed by atoms with Gasteiger partial charge in [0.2, 0.25) is 5.88 Å². The molecule has 5 heteroatoms. The summed E-state index contributed by atoms with van der Waals surface area (Å²) in [6, 6.07) is 7.48. The highest BCUT2D eigenvalue weighted by Crippen LogP contribution is 2.26. The molecule has 0 aliphatic carbocycles. The maximum Gasteiger partial charge on any atom is 0.239 e. The van der Waals surface area contributed by atoms with Crippen molar-refractivity contribution in [3.05, 3.63) is 36.3 Å². The van der Waals surface area contributed by atoms with Crippen molar-refractivity contribution in [3.8, 4) is 5.88 Å². The molecule has 0 aromatic carbocycles. The third-order valence-corrected chi connectivity index (χ3v) is 2.64. The molecule has 108 valence electrons. The van der Waals surface area contributed by atoms with E-state index in [1.54, 1.807) is 6.26 Å². The van der Waals surface area contributed by atoms with Crippen LogP contribution in [0.25, 0.3) is 0 Å². The van der Waals surface area contributed by atoms with Gasteiger partial charge in [0, 0.05) is 7.05 Å². The van der Waals surface area contributed by atoms with E-state index >= 15 is 0 Å². The lowest BCUT2D eigenvalue weighted by molar-refractivity contribution is 0.125. The number of pyridine rings is 1. The van der Waals surface area contributed by atoms with Gasteiger partial charge in [0.15, 0.2) is 0 Å². The van der Waals surface area contributed by atoms with Gasteiger partial charge in [-0.3, -0.25) is 0 Å². The van der Waals surface area contributed by atoms with Crippen LogP contribution in [0.3, 0.4) is 0 Å². The quantitative estimate of drug-likeness (QED) is 0.929. The number of anilines is 2. The van der Waals surface area contributed by atoms with Crippen molar-refractivity contribution in [2.75, 3.05) is 17.7 Å². The summed E-state index contributed by atoms with van der Waals surface area (Å²) in [6.07, 6.45) is 1.66. The molecule has 0 saturated heterocycles. The topological polar surface area (TPSA) is 64.5 Å². The molecule has 0 spiro atoms. The van der Waals surface area contributed by atoms with E-state index in [4.69, 9.17) is 14.9 Å². The van der Waals surface area contributed by atoms with Crippen LogP contribution in [-0.2, 0) is 6.54 Å². The molecule has 0 radical (unpaired) electrons. The SMILES string of the molecule is CN(Cc1ccco1)c1ccc(N)c(OC(C)(C)C)n1. The van der Waals surface area contributed by atoms with Crippen LogP contribution in [0.4, 0.5) is 11.5 Å². The highest BCUT2D eigenvalue weighted by atomic mass is 16.5. The van der Waals surface area contributed by atoms with Crippen molar-refractivity contribution in [1.29, 1.82) is 0 Å². The van der Waals surface area contributed by atoms with E-state index < -0.39 is 0 Å². The van der Waals surface area contributed by atoms with Gasteiger partial charge in [0.1, 0.15) is 17.2 Å². The van der Waals surface area contributed by atoms with E-state index in [0.29, 0.717) is 18.1 Å². The Bertz CT molecular complexity index is 559. The molecular formula is C15H21N3O2. The fourth-order valence-electron chi connectivity index (χ4n) is 1.74. The summed E-state index contributed by atoms with van der Waals surface area (Å²) in [5.74, 6) is 2.13. The minimum atomic E-state index is -0.334. The number of hydrogen-bond donors (Lipinski definition) is 1. The van der Waals surface area contributed by atoms with Gasteiger partial charge < -0.3 is 19.8 Å². The van der Waals surface area contributed by atoms with E-state index in [9.17, 15) is 0 Å². The van der Waals surface area contributed by atoms with E-state index in [-0.39, 0.29) is 5.60 Å². The molecule has 2 aromatic heterocycles. The Morgan fingerprint density at radius 1 is 1.30 bits per heavy atom. The van der Waals surface area contributed by atoms with Crippen molar-refractivity contribution in [3.63, 3.8) is 0 Å². The molecule has 0 aliphatic heterocycles. The predicted octanol–water partition coefficient (Wildman–Crippen LogP) is 3.07. The first kappa shape index (κ1) is 14.2. The minimum absolute atomic E-state index is 0.334. The van der Waals surface area contributed by atoms with Gasteiger partial charge in [0.25, 0.3) is 0 Å². The van der Waals surface area contributed by atoms with Crippen LogP contribution >= 0.6 is 0 Å². The highest BCUT2D eigenvalue weighted by molar-refractivity contribution is 5.54. The number of ether oxygens (including phenoxy) is 1. The Morgan fingerprint density at radius 2 is 2.05 bits per heavy atom. The number of hydrogen-bond acceptors (Lipinski definition) is 5. The number of nitrogens with two attached hydrogens (primary N) is 1. The predicted molar refractivity (Wildman–Crippen MR) is 79.8 cm³/mol. The second kappa shape index (κ2) is 5.45. The van der Waals surface area contributed by atoms with Crippen molar-refractivity contribution >= 4 is 11.5 Å². The third kappa shape index (κ3) is 3.66. The van der Waals surface area contributed by atoms with Crippen LogP contribution in [0, 0.1) is 0 Å². The van der Waals surface area contributed by atoms with E-state index in [1.807, 2.05) is 57.0 Å². The van der Waals surface area contributed by atoms with Crippen LogP contribution in [-0.4, -0.2) is 17.6 Å². The van der Waals surface area contributed by atoms with Gasteiger partial charge >= 0.3 is 0 Å². The lowest BCUT2D eigenvalue weighted by Crippen LogP contribution is -2.25. The minimum Gasteiger partial charge on any atom is -0.470 e. The molecular weight excluding hydrogens is 254 g/mol. The van der Waals surface area contributed by atoms with Crippen molar-refractivity contribution < 1.29 is 9.15 Å². The number of rotatable bonds is 4. The summed E-state index contributed by atoms with van der Waals surface area (Å²) < 4.78 is 11.1. The maximum atomic E-state index is 5.91. The number of nitrogens with zero attached hydrogens (tertiary/aromatic N) is 2. The second-order valence-corrected chi connectivity index (χ2v) is 5.71. The molecule has 0 aliphatic rings. The molecule has 2 heterocycles. The molecule has 2 rings (SSSR count). The van der Waals surface area contributed by atoms with Crippen LogP contribution < -0.4 is 15.4 Å². The molecule has 0 atom stereocenters. The third-order valence-electron chi connectivity index (χ3n) is 2.64. The van der Waals surface area contributed by atoms with Crippen LogP contribution in [0.2, 0.25) is 0 Å². The molecule has 5 nitrogen and oxygen atoms in total. The van der Waals surface area contributed by atoms with Gasteiger partial charge in [-0.15, -0.1) is 0 Å². The number of nitrogen functional groups attached to an aromatic ring is 1. The molecule has 0 saturated carbocycles. The Labute approximate surface area is 119 Å². The lowest BCUT2D eigenvalue weighted by Gasteiger charge is -2.23. The molecule has 20 heavy (non-hydrogen) atoms. The summed E-state index contributed by atoms with van der Waals surface area (Å²) in [7, 11) is 1.95. The lowest BCUT2D eigenvalue weighted by atomic mass is 10.2. The van der Waals surface area contributed by atoms with E-state index in [2.05, 4.69) is 4.98 Å². The highest BCUT2D eigenvalue weighted by Gasteiger charge is 2.16. The molecule has 0 unspecified atom stereocenters. The zero-order valence-electron chi connectivity index (χ0n) is 12.4. The fourth-order valence-corrected chi connectivity index (χ4v) is 1.74. The van der Waals surface area contributed by atoms with Gasteiger partial charge in [-0.05, 0) is 45.0 Å². The summed E-state index contributed by atoms with van der Waals surface area (Å²) >= 11 is 0. The van der Waals surface area contributed by atoms with Gasteiger partial charge in [-0.25, -0.2) is 0 Å². The second-order valence-electron chi connectivity index (χ2n) is 5.71. The standard InChI is InChI=1S/C15H21N3O2/c1-15(2,3)20-14-12(16)7-8-13(17-14)18(4)10-11-6-5-9-19-11/h5-9H,10,16H2,1-4H3. The van der Waals surface area contributed by atoms with Gasteiger partial charge in [-0.1, -0.05) is 0 Å². The molecule has 0 amide bonds. The number of furan rings is 1. The molecule has 0 bridgehead atoms. The van der Waals surface area contributed by atoms with E-state index in [1.165, 1.54) is 0 Å². The van der Waals surface area contributed by atoms with Crippen LogP contribution in [0.15, 0.2) is 34.9 Å². The summed E-state index contributed by atoms with van der Waals surface area (Å²) in [5, 5.41) is 0. The average molecular weight is 275 g/mol. The van der Waals surface area contributed by atoms with Crippen LogP contribution in [0.5, 0.6) is 5.88 Å². The first-order valence-corrected chi connectivity index (χ1v) is 6.54. The normalized spacial score (nSPS) is 11.4.